The Labute approximate surface area is 186 Å². The average Bonchev–Trinajstić information content (AvgIpc) is 2.65. The van der Waals surface area contributed by atoms with E-state index in [4.69, 9.17) is 34.8 Å². The second-order valence-electron chi connectivity index (χ2n) is 6.36. The summed E-state index contributed by atoms with van der Waals surface area (Å²) in [5, 5.41) is 0.939. The molecule has 0 heterocycles. The van der Waals surface area contributed by atoms with Crippen molar-refractivity contribution in [2.45, 2.75) is 30.7 Å². The highest BCUT2D eigenvalue weighted by molar-refractivity contribution is 7.93. The second-order valence-corrected chi connectivity index (χ2v) is 11.5. The van der Waals surface area contributed by atoms with Crippen LogP contribution in [0.4, 0.5) is 5.69 Å². The van der Waals surface area contributed by atoms with Crippen LogP contribution in [-0.2, 0) is 20.0 Å². The maximum atomic E-state index is 13.4. The zero-order valence-electron chi connectivity index (χ0n) is 15.8. The van der Waals surface area contributed by atoms with Gasteiger partial charge in [-0.1, -0.05) is 34.8 Å². The average molecular weight is 500 g/mol. The molecule has 29 heavy (non-hydrogen) atoms. The van der Waals surface area contributed by atoms with Crippen molar-refractivity contribution >= 4 is 60.5 Å². The van der Waals surface area contributed by atoms with E-state index in [0.717, 1.165) is 0 Å². The van der Waals surface area contributed by atoms with Gasteiger partial charge in [-0.3, -0.25) is 4.31 Å². The minimum absolute atomic E-state index is 0.0349. The molecule has 0 aliphatic carbocycles. The van der Waals surface area contributed by atoms with E-state index in [1.807, 2.05) is 0 Å². The van der Waals surface area contributed by atoms with Gasteiger partial charge < -0.3 is 0 Å². The lowest BCUT2D eigenvalue weighted by Gasteiger charge is -2.31. The number of halogens is 3. The Morgan fingerprint density at radius 1 is 0.966 bits per heavy atom. The minimum atomic E-state index is -4.01. The van der Waals surface area contributed by atoms with Gasteiger partial charge in [0, 0.05) is 16.1 Å². The smallest absolute Gasteiger partial charge is 0.262 e. The molecule has 0 unspecified atom stereocenters. The van der Waals surface area contributed by atoms with Crippen molar-refractivity contribution in [3.63, 3.8) is 0 Å². The van der Waals surface area contributed by atoms with Gasteiger partial charge in [-0.05, 0) is 69.3 Å². The molecule has 0 aliphatic rings. The Balaban J connectivity index is 2.46. The Kier molecular flexibility index (Phi) is 8.23. The Morgan fingerprint density at radius 3 is 2.14 bits per heavy atom. The third-order valence-electron chi connectivity index (χ3n) is 4.26. The van der Waals surface area contributed by atoms with Crippen LogP contribution < -0.4 is 9.03 Å². The number of nitrogens with one attached hydrogen (secondary N) is 1. The fourth-order valence-corrected chi connectivity index (χ4v) is 5.76. The molecular weight excluding hydrogens is 479 g/mol. The maximum absolute atomic E-state index is 13.4. The summed E-state index contributed by atoms with van der Waals surface area (Å²) in [6, 6.07) is 9.73. The van der Waals surface area contributed by atoms with E-state index in [0.29, 0.717) is 10.0 Å². The first-order chi connectivity index (χ1) is 13.5. The first-order valence-electron chi connectivity index (χ1n) is 8.64. The number of rotatable bonds is 9. The molecule has 0 fully saturated rings. The van der Waals surface area contributed by atoms with E-state index in [-0.39, 0.29) is 34.2 Å². The summed E-state index contributed by atoms with van der Waals surface area (Å²) in [5.41, 5.74) is 0.220. The summed E-state index contributed by atoms with van der Waals surface area (Å²) in [6.45, 7) is 1.69. The molecule has 2 aromatic carbocycles. The molecule has 11 heteroatoms. The lowest BCUT2D eigenvalue weighted by atomic mass is 10.2. The monoisotopic (exact) mass is 498 g/mol. The van der Waals surface area contributed by atoms with E-state index in [9.17, 15) is 16.8 Å². The van der Waals surface area contributed by atoms with Crippen LogP contribution in [-0.4, -0.2) is 35.7 Å². The largest absolute Gasteiger partial charge is 0.264 e. The molecule has 2 aromatic rings. The van der Waals surface area contributed by atoms with E-state index >= 15 is 0 Å². The molecule has 0 radical (unpaired) electrons. The van der Waals surface area contributed by atoms with Crippen molar-refractivity contribution < 1.29 is 16.8 Å². The number of hydrogen-bond acceptors (Lipinski definition) is 4. The molecule has 0 bridgehead atoms. The lowest BCUT2D eigenvalue weighted by Crippen LogP contribution is -2.39. The van der Waals surface area contributed by atoms with Gasteiger partial charge in [0.1, 0.15) is 0 Å². The van der Waals surface area contributed by atoms with Crippen LogP contribution in [0.1, 0.15) is 19.8 Å². The van der Waals surface area contributed by atoms with Gasteiger partial charge >= 0.3 is 0 Å². The van der Waals surface area contributed by atoms with Crippen molar-refractivity contribution in [1.82, 2.24) is 4.72 Å². The number of benzene rings is 2. The van der Waals surface area contributed by atoms with Gasteiger partial charge in [-0.25, -0.2) is 21.6 Å². The first kappa shape index (κ1) is 24.2. The molecule has 0 saturated heterocycles. The molecular formula is C18H21Cl3N2O4S2. The van der Waals surface area contributed by atoms with Crippen LogP contribution in [0.2, 0.25) is 15.1 Å². The zero-order valence-corrected chi connectivity index (χ0v) is 19.7. The summed E-state index contributed by atoms with van der Waals surface area (Å²) in [5.74, 6) is -0.119. The maximum Gasteiger partial charge on any atom is 0.264 e. The van der Waals surface area contributed by atoms with Gasteiger partial charge in [0.05, 0.1) is 21.4 Å². The highest BCUT2D eigenvalue weighted by Crippen LogP contribution is 2.35. The normalized spacial score (nSPS) is 13.3. The van der Waals surface area contributed by atoms with E-state index in [1.165, 1.54) is 47.8 Å². The third-order valence-corrected chi connectivity index (χ3v) is 8.46. The van der Waals surface area contributed by atoms with Crippen molar-refractivity contribution in [3.8, 4) is 0 Å². The highest BCUT2D eigenvalue weighted by Gasteiger charge is 2.31. The molecule has 0 amide bonds. The molecule has 0 spiro atoms. The Morgan fingerprint density at radius 2 is 1.55 bits per heavy atom. The molecule has 2 rings (SSSR count). The van der Waals surface area contributed by atoms with Gasteiger partial charge in [0.25, 0.3) is 10.0 Å². The van der Waals surface area contributed by atoms with E-state index < -0.39 is 26.1 Å². The molecule has 6 nitrogen and oxygen atoms in total. The Hall–Kier alpha value is -1.03. The van der Waals surface area contributed by atoms with Crippen LogP contribution in [0.15, 0.2) is 47.4 Å². The predicted octanol–water partition coefficient (Wildman–Crippen LogP) is 4.56. The molecule has 1 N–H and O–H groups in total. The summed E-state index contributed by atoms with van der Waals surface area (Å²) >= 11 is 18.3. The summed E-state index contributed by atoms with van der Waals surface area (Å²) < 4.78 is 53.6. The highest BCUT2D eigenvalue weighted by atomic mass is 35.5. The predicted molar refractivity (Wildman–Crippen MR) is 119 cm³/mol. The molecule has 0 aromatic heterocycles. The summed E-state index contributed by atoms with van der Waals surface area (Å²) in [7, 11) is -6.07. The first-order valence-corrected chi connectivity index (χ1v) is 12.9. The van der Waals surface area contributed by atoms with Gasteiger partial charge in [-0.2, -0.15) is 0 Å². The standard InChI is InChI=1S/C18H21Cl3N2O4S2/c1-13(4-3-11-28(24,25)22-2)23(18-12-15(20)7-10-17(18)21)29(26,27)16-8-5-14(19)6-9-16/h5-10,12-13,22H,3-4,11H2,1-2H3/t13-/m0/s1. The van der Waals surface area contributed by atoms with Gasteiger partial charge in [0.15, 0.2) is 0 Å². The molecule has 0 aliphatic heterocycles. The van der Waals surface area contributed by atoms with Crippen LogP contribution >= 0.6 is 34.8 Å². The topological polar surface area (TPSA) is 83.6 Å². The minimum Gasteiger partial charge on any atom is -0.262 e. The zero-order chi connectivity index (χ0) is 21.8. The fraction of sp³-hybridized carbons (Fsp3) is 0.333. The van der Waals surface area contributed by atoms with Crippen LogP contribution in [0.3, 0.4) is 0 Å². The molecule has 160 valence electrons. The van der Waals surface area contributed by atoms with Crippen LogP contribution in [0, 0.1) is 0 Å². The number of nitrogens with zero attached hydrogens (tertiary/aromatic N) is 1. The van der Waals surface area contributed by atoms with Crippen molar-refractivity contribution in [2.24, 2.45) is 0 Å². The SMILES string of the molecule is CNS(=O)(=O)CCC[C@H](C)N(c1cc(Cl)ccc1Cl)S(=O)(=O)c1ccc(Cl)cc1. The van der Waals surface area contributed by atoms with Gasteiger partial charge in [0.2, 0.25) is 10.0 Å². The second kappa shape index (κ2) is 9.85. The number of hydrogen-bond donors (Lipinski definition) is 1. The quantitative estimate of drug-likeness (QED) is 0.548. The van der Waals surface area contributed by atoms with Crippen molar-refractivity contribution in [3.05, 3.63) is 57.5 Å². The summed E-state index contributed by atoms with van der Waals surface area (Å²) in [6.07, 6.45) is 0.547. The Bertz CT molecular complexity index is 1060. The third kappa shape index (κ3) is 6.23. The van der Waals surface area contributed by atoms with Crippen LogP contribution in [0.25, 0.3) is 0 Å². The van der Waals surface area contributed by atoms with Crippen LogP contribution in [0.5, 0.6) is 0 Å². The number of sulfonamides is 2. The summed E-state index contributed by atoms with van der Waals surface area (Å²) in [4.78, 5) is 0.0349. The van der Waals surface area contributed by atoms with Crippen molar-refractivity contribution in [1.29, 1.82) is 0 Å². The van der Waals surface area contributed by atoms with E-state index in [1.54, 1.807) is 13.0 Å². The fourth-order valence-electron chi connectivity index (χ4n) is 2.77. The van der Waals surface area contributed by atoms with Gasteiger partial charge in [-0.15, -0.1) is 0 Å². The number of anilines is 1. The van der Waals surface area contributed by atoms with Crippen molar-refractivity contribution in [2.75, 3.05) is 17.1 Å². The molecule has 1 atom stereocenters. The lowest BCUT2D eigenvalue weighted by molar-refractivity contribution is 0.563. The van der Waals surface area contributed by atoms with E-state index in [2.05, 4.69) is 4.72 Å². The molecule has 0 saturated carbocycles.